The van der Waals surface area contributed by atoms with Gasteiger partial charge in [0.1, 0.15) is 12.4 Å². The zero-order chi connectivity index (χ0) is 17.2. The SMILES string of the molecule is CCNC(=O)C(C)(C)COc1cccc2nc(C)c(C)c(N)c12. The van der Waals surface area contributed by atoms with Crippen LogP contribution in [0.1, 0.15) is 32.0 Å². The number of amides is 1. The van der Waals surface area contributed by atoms with E-state index in [9.17, 15) is 4.79 Å². The quantitative estimate of drug-likeness (QED) is 0.889. The Bertz CT molecular complexity index is 739. The van der Waals surface area contributed by atoms with E-state index in [2.05, 4.69) is 10.3 Å². The van der Waals surface area contributed by atoms with E-state index < -0.39 is 5.41 Å². The summed E-state index contributed by atoms with van der Waals surface area (Å²) in [5, 5.41) is 3.64. The fourth-order valence-electron chi connectivity index (χ4n) is 2.37. The number of rotatable bonds is 5. The first-order valence-electron chi connectivity index (χ1n) is 7.84. The van der Waals surface area contributed by atoms with Crippen LogP contribution in [0.5, 0.6) is 5.75 Å². The maximum Gasteiger partial charge on any atom is 0.229 e. The van der Waals surface area contributed by atoms with Gasteiger partial charge in [0.2, 0.25) is 5.91 Å². The predicted octanol–water partition coefficient (Wildman–Crippen LogP) is 2.97. The van der Waals surface area contributed by atoms with E-state index >= 15 is 0 Å². The van der Waals surface area contributed by atoms with E-state index in [0.717, 1.165) is 22.2 Å². The maximum atomic E-state index is 12.1. The number of nitrogens with one attached hydrogen (secondary N) is 1. The molecule has 0 spiro atoms. The number of aromatic nitrogens is 1. The van der Waals surface area contributed by atoms with Gasteiger partial charge in [-0.2, -0.15) is 0 Å². The fourth-order valence-corrected chi connectivity index (χ4v) is 2.37. The van der Waals surface area contributed by atoms with Gasteiger partial charge in [0, 0.05) is 17.9 Å². The Kier molecular flexibility index (Phi) is 4.78. The third kappa shape index (κ3) is 3.38. The minimum absolute atomic E-state index is 0.0293. The van der Waals surface area contributed by atoms with Crippen LogP contribution < -0.4 is 15.8 Å². The van der Waals surface area contributed by atoms with Crippen molar-refractivity contribution in [2.24, 2.45) is 5.41 Å². The maximum absolute atomic E-state index is 12.1. The summed E-state index contributed by atoms with van der Waals surface area (Å²) in [6, 6.07) is 5.67. The van der Waals surface area contributed by atoms with Crippen molar-refractivity contribution in [1.29, 1.82) is 0 Å². The number of pyridine rings is 1. The molecular weight excluding hydrogens is 290 g/mol. The Balaban J connectivity index is 2.34. The van der Waals surface area contributed by atoms with Gasteiger partial charge in [-0.1, -0.05) is 6.07 Å². The molecule has 1 amide bonds. The molecule has 0 unspecified atom stereocenters. The summed E-state index contributed by atoms with van der Waals surface area (Å²) in [5.41, 5.74) is 8.99. The molecule has 0 atom stereocenters. The molecule has 0 aliphatic heterocycles. The van der Waals surface area contributed by atoms with Crippen LogP contribution in [0, 0.1) is 19.3 Å². The molecule has 1 heterocycles. The van der Waals surface area contributed by atoms with Gasteiger partial charge in [-0.25, -0.2) is 0 Å². The number of carbonyl (C=O) groups excluding carboxylic acids is 1. The molecule has 1 aromatic heterocycles. The van der Waals surface area contributed by atoms with Gasteiger partial charge in [0.25, 0.3) is 0 Å². The number of nitrogens with two attached hydrogens (primary N) is 1. The molecule has 0 aliphatic carbocycles. The first-order chi connectivity index (χ1) is 10.8. The highest BCUT2D eigenvalue weighted by molar-refractivity contribution is 5.97. The van der Waals surface area contributed by atoms with Gasteiger partial charge < -0.3 is 15.8 Å². The van der Waals surface area contributed by atoms with Crippen LogP contribution >= 0.6 is 0 Å². The molecule has 3 N–H and O–H groups in total. The van der Waals surface area contributed by atoms with E-state index in [1.54, 1.807) is 0 Å². The van der Waals surface area contributed by atoms with E-state index in [4.69, 9.17) is 10.5 Å². The minimum Gasteiger partial charge on any atom is -0.492 e. The van der Waals surface area contributed by atoms with Crippen molar-refractivity contribution in [3.05, 3.63) is 29.5 Å². The zero-order valence-electron chi connectivity index (χ0n) is 14.5. The number of anilines is 1. The molecule has 0 radical (unpaired) electrons. The smallest absolute Gasteiger partial charge is 0.229 e. The van der Waals surface area contributed by atoms with Gasteiger partial charge >= 0.3 is 0 Å². The molecule has 5 heteroatoms. The molecule has 0 aliphatic rings. The molecule has 0 saturated heterocycles. The molecule has 0 bridgehead atoms. The average molecular weight is 315 g/mol. The van der Waals surface area contributed by atoms with Crippen molar-refractivity contribution in [2.75, 3.05) is 18.9 Å². The fraction of sp³-hybridized carbons (Fsp3) is 0.444. The number of carbonyl (C=O) groups is 1. The third-order valence-electron chi connectivity index (χ3n) is 4.05. The highest BCUT2D eigenvalue weighted by atomic mass is 16.5. The van der Waals surface area contributed by atoms with Crippen molar-refractivity contribution < 1.29 is 9.53 Å². The van der Waals surface area contributed by atoms with E-state index in [1.807, 2.05) is 52.8 Å². The first-order valence-corrected chi connectivity index (χ1v) is 7.84. The minimum atomic E-state index is -0.625. The van der Waals surface area contributed by atoms with Crippen LogP contribution in [0.4, 0.5) is 5.69 Å². The van der Waals surface area contributed by atoms with Crippen molar-refractivity contribution in [3.8, 4) is 5.75 Å². The van der Waals surface area contributed by atoms with Crippen molar-refractivity contribution in [1.82, 2.24) is 10.3 Å². The summed E-state index contributed by atoms with van der Waals surface area (Å²) in [4.78, 5) is 16.7. The Labute approximate surface area is 137 Å². The van der Waals surface area contributed by atoms with Crippen LogP contribution in [-0.2, 0) is 4.79 Å². The van der Waals surface area contributed by atoms with Gasteiger partial charge in [-0.05, 0) is 52.3 Å². The van der Waals surface area contributed by atoms with Crippen LogP contribution in [0.2, 0.25) is 0 Å². The van der Waals surface area contributed by atoms with E-state index in [1.165, 1.54) is 0 Å². The second kappa shape index (κ2) is 6.44. The third-order valence-corrected chi connectivity index (χ3v) is 4.05. The number of hydrogen-bond donors (Lipinski definition) is 2. The summed E-state index contributed by atoms with van der Waals surface area (Å²) in [6.07, 6.45) is 0. The zero-order valence-corrected chi connectivity index (χ0v) is 14.5. The molecule has 124 valence electrons. The van der Waals surface area contributed by atoms with Gasteiger partial charge in [0.15, 0.2) is 0 Å². The molecule has 1 aromatic carbocycles. The van der Waals surface area contributed by atoms with E-state index in [-0.39, 0.29) is 12.5 Å². The molecule has 5 nitrogen and oxygen atoms in total. The average Bonchev–Trinajstić information content (AvgIpc) is 2.50. The van der Waals surface area contributed by atoms with Crippen molar-refractivity contribution in [3.63, 3.8) is 0 Å². The molecule has 2 aromatic rings. The van der Waals surface area contributed by atoms with Gasteiger partial charge in [-0.15, -0.1) is 0 Å². The highest BCUT2D eigenvalue weighted by Gasteiger charge is 2.28. The van der Waals surface area contributed by atoms with Gasteiger partial charge in [-0.3, -0.25) is 9.78 Å². The standard InChI is InChI=1S/C18H25N3O2/c1-6-20-17(22)18(4,5)10-23-14-9-7-8-13-15(14)16(19)11(2)12(3)21-13/h7-9H,6,10H2,1-5H3,(H2,19,21)(H,20,22). The Morgan fingerprint density at radius 1 is 1.35 bits per heavy atom. The Morgan fingerprint density at radius 2 is 2.04 bits per heavy atom. The lowest BCUT2D eigenvalue weighted by molar-refractivity contribution is -0.130. The lowest BCUT2D eigenvalue weighted by atomic mass is 9.93. The van der Waals surface area contributed by atoms with Crippen molar-refractivity contribution >= 4 is 22.5 Å². The number of hydrogen-bond acceptors (Lipinski definition) is 4. The molecule has 0 fully saturated rings. The number of benzene rings is 1. The first kappa shape index (κ1) is 17.1. The lowest BCUT2D eigenvalue weighted by Crippen LogP contribution is -2.40. The normalized spacial score (nSPS) is 11.5. The van der Waals surface area contributed by atoms with Crippen LogP contribution in [0.15, 0.2) is 18.2 Å². The molecule has 2 rings (SSSR count). The largest absolute Gasteiger partial charge is 0.492 e. The summed E-state index contributed by atoms with van der Waals surface area (Å²) < 4.78 is 5.95. The van der Waals surface area contributed by atoms with Crippen LogP contribution in [-0.4, -0.2) is 24.0 Å². The molecule has 23 heavy (non-hydrogen) atoms. The highest BCUT2D eigenvalue weighted by Crippen LogP contribution is 2.33. The number of nitrogens with zero attached hydrogens (tertiary/aromatic N) is 1. The summed E-state index contributed by atoms with van der Waals surface area (Å²) in [5.74, 6) is 0.631. The number of nitrogen functional groups attached to an aromatic ring is 1. The number of aryl methyl sites for hydroxylation is 1. The number of ether oxygens (including phenoxy) is 1. The Morgan fingerprint density at radius 3 is 2.70 bits per heavy atom. The monoisotopic (exact) mass is 315 g/mol. The summed E-state index contributed by atoms with van der Waals surface area (Å²) in [7, 11) is 0. The predicted molar refractivity (Wildman–Crippen MR) is 93.6 cm³/mol. The summed E-state index contributed by atoms with van der Waals surface area (Å²) >= 11 is 0. The lowest BCUT2D eigenvalue weighted by Gasteiger charge is -2.24. The second-order valence-corrected chi connectivity index (χ2v) is 6.42. The van der Waals surface area contributed by atoms with Gasteiger partial charge in [0.05, 0.1) is 16.3 Å². The van der Waals surface area contributed by atoms with Crippen LogP contribution in [0.25, 0.3) is 10.9 Å². The Hall–Kier alpha value is -2.30. The summed E-state index contributed by atoms with van der Waals surface area (Å²) in [6.45, 7) is 10.4. The van der Waals surface area contributed by atoms with Crippen LogP contribution in [0.3, 0.4) is 0 Å². The number of fused-ring (bicyclic) bond motifs is 1. The van der Waals surface area contributed by atoms with E-state index in [0.29, 0.717) is 18.0 Å². The molecular formula is C18H25N3O2. The second-order valence-electron chi connectivity index (χ2n) is 6.42. The van der Waals surface area contributed by atoms with Crippen molar-refractivity contribution in [2.45, 2.75) is 34.6 Å². The molecule has 0 saturated carbocycles. The topological polar surface area (TPSA) is 77.2 Å².